The molecule has 0 spiro atoms. The Labute approximate surface area is 202 Å². The summed E-state index contributed by atoms with van der Waals surface area (Å²) in [5, 5.41) is -0.520. The minimum absolute atomic E-state index is 0.102. The van der Waals surface area contributed by atoms with Gasteiger partial charge in [0.1, 0.15) is 6.61 Å². The van der Waals surface area contributed by atoms with E-state index in [1.807, 2.05) is 0 Å². The van der Waals surface area contributed by atoms with Crippen molar-refractivity contribution in [3.63, 3.8) is 0 Å². The maximum atomic E-state index is 10.4. The number of halogens is 1. The number of rotatable bonds is 29. The Morgan fingerprint density at radius 1 is 0.424 bits per heavy atom. The summed E-state index contributed by atoms with van der Waals surface area (Å²) < 4.78 is 52.7. The van der Waals surface area contributed by atoms with E-state index >= 15 is 0 Å². The first kappa shape index (κ1) is 32.6. The van der Waals surface area contributed by atoms with Crippen LogP contribution in [0.2, 0.25) is 0 Å². The second kappa shape index (κ2) is 29.6. The number of carbonyl (C=O) groups is 1. The Hall–Kier alpha value is -0.440. The standard InChI is InChI=1S/C21H41ClO11/c1-24-2-3-25-4-5-26-6-7-27-8-9-28-10-11-29-12-13-30-14-15-31-16-17-32-18-19-33-20-21(22)23/h2-20H2,1H3. The molecule has 0 aromatic carbocycles. The van der Waals surface area contributed by atoms with Crippen LogP contribution in [0.15, 0.2) is 0 Å². The van der Waals surface area contributed by atoms with E-state index < -0.39 is 5.24 Å². The molecule has 0 saturated heterocycles. The fourth-order valence-corrected chi connectivity index (χ4v) is 2.13. The molecule has 33 heavy (non-hydrogen) atoms. The first-order chi connectivity index (χ1) is 16.3. The van der Waals surface area contributed by atoms with E-state index in [0.717, 1.165) is 0 Å². The maximum Gasteiger partial charge on any atom is 0.247 e. The van der Waals surface area contributed by atoms with Crippen LogP contribution in [0, 0.1) is 0 Å². The highest BCUT2D eigenvalue weighted by Gasteiger charge is 1.97. The summed E-state index contributed by atoms with van der Waals surface area (Å²) in [6.45, 7) is 8.87. The fourth-order valence-electron chi connectivity index (χ4n) is 2.05. The molecule has 11 nitrogen and oxygen atoms in total. The van der Waals surface area contributed by atoms with E-state index in [2.05, 4.69) is 0 Å². The second-order valence-electron chi connectivity index (χ2n) is 6.30. The number of hydrogen-bond acceptors (Lipinski definition) is 11. The number of ether oxygens (including phenoxy) is 10. The molecule has 12 heteroatoms. The van der Waals surface area contributed by atoms with Gasteiger partial charge in [0.05, 0.1) is 119 Å². The molecule has 0 aliphatic carbocycles. The molecule has 0 atom stereocenters. The lowest BCUT2D eigenvalue weighted by Crippen LogP contribution is -2.15. The fraction of sp³-hybridized carbons (Fsp3) is 0.952. The molecule has 0 heterocycles. The van der Waals surface area contributed by atoms with E-state index in [0.29, 0.717) is 119 Å². The SMILES string of the molecule is COCCOCCOCCOCCOCCOCCOCCOCCOCCOCC(=O)Cl. The lowest BCUT2D eigenvalue weighted by Gasteiger charge is -2.08. The van der Waals surface area contributed by atoms with Crippen LogP contribution >= 0.6 is 11.6 Å². The zero-order valence-electron chi connectivity index (χ0n) is 19.8. The molecule has 0 unspecified atom stereocenters. The molecule has 0 amide bonds. The van der Waals surface area contributed by atoms with Crippen LogP contribution < -0.4 is 0 Å². The molecular formula is C21H41ClO11. The van der Waals surface area contributed by atoms with Crippen LogP contribution in [0.3, 0.4) is 0 Å². The molecule has 198 valence electrons. The quantitative estimate of drug-likeness (QED) is 0.105. The Morgan fingerprint density at radius 3 is 0.848 bits per heavy atom. The van der Waals surface area contributed by atoms with Gasteiger partial charge in [0.25, 0.3) is 0 Å². The van der Waals surface area contributed by atoms with E-state index in [1.165, 1.54) is 0 Å². The van der Waals surface area contributed by atoms with Crippen molar-refractivity contribution < 1.29 is 52.2 Å². The third-order valence-corrected chi connectivity index (χ3v) is 3.73. The monoisotopic (exact) mass is 504 g/mol. The zero-order valence-corrected chi connectivity index (χ0v) is 20.6. The number of carbonyl (C=O) groups excluding carboxylic acids is 1. The normalized spacial score (nSPS) is 11.3. The van der Waals surface area contributed by atoms with Crippen LogP contribution in [0.5, 0.6) is 0 Å². The van der Waals surface area contributed by atoms with Gasteiger partial charge < -0.3 is 47.4 Å². The van der Waals surface area contributed by atoms with Crippen LogP contribution in [0.25, 0.3) is 0 Å². The summed E-state index contributed by atoms with van der Waals surface area (Å²) >= 11 is 5.13. The average Bonchev–Trinajstić information content (AvgIpc) is 2.80. The van der Waals surface area contributed by atoms with Crippen molar-refractivity contribution >= 4 is 16.8 Å². The van der Waals surface area contributed by atoms with Crippen molar-refractivity contribution in [2.24, 2.45) is 0 Å². The highest BCUT2D eigenvalue weighted by molar-refractivity contribution is 6.63. The topological polar surface area (TPSA) is 109 Å². The highest BCUT2D eigenvalue weighted by Crippen LogP contribution is 1.87. The van der Waals surface area contributed by atoms with Crippen molar-refractivity contribution in [2.75, 3.05) is 133 Å². The summed E-state index contributed by atoms with van der Waals surface area (Å²) in [7, 11) is 1.64. The summed E-state index contributed by atoms with van der Waals surface area (Å²) in [5.41, 5.74) is 0. The van der Waals surface area contributed by atoms with Crippen LogP contribution in [0.1, 0.15) is 0 Å². The summed E-state index contributed by atoms with van der Waals surface area (Å²) in [6.07, 6.45) is 0. The van der Waals surface area contributed by atoms with Crippen LogP contribution in [0.4, 0.5) is 0 Å². The van der Waals surface area contributed by atoms with Crippen molar-refractivity contribution in [1.29, 1.82) is 0 Å². The minimum Gasteiger partial charge on any atom is -0.382 e. The van der Waals surface area contributed by atoms with Crippen molar-refractivity contribution in [1.82, 2.24) is 0 Å². The first-order valence-corrected chi connectivity index (χ1v) is 11.5. The molecular weight excluding hydrogens is 464 g/mol. The van der Waals surface area contributed by atoms with E-state index in [4.69, 9.17) is 59.0 Å². The molecule has 0 rings (SSSR count). The molecule has 0 aliphatic heterocycles. The lowest BCUT2D eigenvalue weighted by atomic mass is 10.6. The van der Waals surface area contributed by atoms with Gasteiger partial charge in [-0.05, 0) is 11.6 Å². The van der Waals surface area contributed by atoms with E-state index in [-0.39, 0.29) is 6.61 Å². The van der Waals surface area contributed by atoms with Crippen LogP contribution in [-0.4, -0.2) is 138 Å². The molecule has 0 aromatic heterocycles. The van der Waals surface area contributed by atoms with Gasteiger partial charge in [0.2, 0.25) is 5.24 Å². The molecule has 0 aromatic rings. The third-order valence-electron chi connectivity index (χ3n) is 3.62. The molecule has 0 aliphatic rings. The molecule has 0 saturated carbocycles. The van der Waals surface area contributed by atoms with Gasteiger partial charge >= 0.3 is 0 Å². The highest BCUT2D eigenvalue weighted by atomic mass is 35.5. The van der Waals surface area contributed by atoms with E-state index in [9.17, 15) is 4.79 Å². The summed E-state index contributed by atoms with van der Waals surface area (Å²) in [5.74, 6) is 0. The molecule has 0 bridgehead atoms. The number of hydrogen-bond donors (Lipinski definition) is 0. The van der Waals surface area contributed by atoms with Crippen LogP contribution in [-0.2, 0) is 52.2 Å². The Bertz CT molecular complexity index is 391. The Balaban J connectivity index is 3.01. The average molecular weight is 505 g/mol. The zero-order chi connectivity index (χ0) is 24.1. The van der Waals surface area contributed by atoms with Gasteiger partial charge in [0.15, 0.2) is 0 Å². The first-order valence-electron chi connectivity index (χ1n) is 11.1. The van der Waals surface area contributed by atoms with Gasteiger partial charge in [-0.2, -0.15) is 0 Å². The molecule has 0 N–H and O–H groups in total. The molecule has 0 radical (unpaired) electrons. The van der Waals surface area contributed by atoms with Crippen molar-refractivity contribution in [3.05, 3.63) is 0 Å². The third kappa shape index (κ3) is 31.6. The summed E-state index contributed by atoms with van der Waals surface area (Å²) in [4.78, 5) is 10.4. The van der Waals surface area contributed by atoms with Crippen molar-refractivity contribution in [2.45, 2.75) is 0 Å². The number of methoxy groups -OCH3 is 1. The van der Waals surface area contributed by atoms with Crippen molar-refractivity contribution in [3.8, 4) is 0 Å². The minimum atomic E-state index is -0.520. The van der Waals surface area contributed by atoms with E-state index in [1.54, 1.807) is 7.11 Å². The predicted molar refractivity (Wildman–Crippen MR) is 120 cm³/mol. The smallest absolute Gasteiger partial charge is 0.247 e. The van der Waals surface area contributed by atoms with Gasteiger partial charge in [-0.25, -0.2) is 0 Å². The summed E-state index contributed by atoms with van der Waals surface area (Å²) in [6, 6.07) is 0. The van der Waals surface area contributed by atoms with Gasteiger partial charge in [-0.15, -0.1) is 0 Å². The van der Waals surface area contributed by atoms with Gasteiger partial charge in [0, 0.05) is 7.11 Å². The largest absolute Gasteiger partial charge is 0.382 e. The Morgan fingerprint density at radius 2 is 0.636 bits per heavy atom. The lowest BCUT2D eigenvalue weighted by molar-refractivity contribution is -0.116. The molecule has 0 fully saturated rings. The maximum absolute atomic E-state index is 10.4. The second-order valence-corrected chi connectivity index (χ2v) is 6.72. The van der Waals surface area contributed by atoms with Gasteiger partial charge in [-0.3, -0.25) is 4.79 Å². The predicted octanol–water partition coefficient (Wildman–Crippen LogP) is 0.548. The van der Waals surface area contributed by atoms with Gasteiger partial charge in [-0.1, -0.05) is 0 Å². The Kier molecular flexibility index (Phi) is 29.2.